The van der Waals surface area contributed by atoms with E-state index in [2.05, 4.69) is 15.6 Å². The average molecular weight is 249 g/mol. The Labute approximate surface area is 106 Å². The van der Waals surface area contributed by atoms with Crippen LogP contribution in [0.25, 0.3) is 11.0 Å². The van der Waals surface area contributed by atoms with Crippen LogP contribution >= 0.6 is 0 Å². The van der Waals surface area contributed by atoms with E-state index >= 15 is 0 Å². The fraction of sp³-hybridized carbons (Fsp3) is 0.500. The monoisotopic (exact) mass is 249 g/mol. The molecule has 1 aromatic carbocycles. The highest BCUT2D eigenvalue weighted by Crippen LogP contribution is 2.24. The number of unbranched alkanes of at least 4 members (excludes halogenated alkanes) is 3. The van der Waals surface area contributed by atoms with Gasteiger partial charge in [0.2, 0.25) is 0 Å². The fourth-order valence-electron chi connectivity index (χ4n) is 1.87. The van der Waals surface area contributed by atoms with Crippen LogP contribution in [0.15, 0.2) is 16.8 Å². The Hall–Kier alpha value is -1.82. The average Bonchev–Trinajstić information content (AvgIpc) is 2.86. The third-order valence-corrected chi connectivity index (χ3v) is 2.89. The molecule has 0 saturated carbocycles. The van der Waals surface area contributed by atoms with E-state index in [4.69, 9.17) is 16.1 Å². The van der Waals surface area contributed by atoms with E-state index in [1.165, 1.54) is 12.8 Å². The third kappa shape index (κ3) is 2.89. The van der Waals surface area contributed by atoms with E-state index in [0.717, 1.165) is 31.6 Å². The molecule has 2 aromatic rings. The molecule has 18 heavy (non-hydrogen) atoms. The maximum atomic E-state index is 5.78. The second-order valence-electron chi connectivity index (χ2n) is 4.29. The number of hydrogen-bond acceptors (Lipinski definition) is 6. The lowest BCUT2D eigenvalue weighted by atomic mass is 10.2. The van der Waals surface area contributed by atoms with Crippen LogP contribution in [0.2, 0.25) is 0 Å². The minimum atomic E-state index is 0.583. The first-order valence-corrected chi connectivity index (χ1v) is 6.27. The number of anilines is 2. The summed E-state index contributed by atoms with van der Waals surface area (Å²) in [5.41, 5.74) is 14.0. The molecule has 1 heterocycles. The first-order valence-electron chi connectivity index (χ1n) is 6.27. The molecule has 0 saturated heterocycles. The molecule has 0 radical (unpaired) electrons. The Morgan fingerprint density at radius 2 is 1.83 bits per heavy atom. The molecule has 0 aliphatic carbocycles. The number of rotatable bonds is 7. The highest BCUT2D eigenvalue weighted by Gasteiger charge is 2.09. The number of nitrogens with one attached hydrogen (secondary N) is 1. The maximum absolute atomic E-state index is 5.78. The van der Waals surface area contributed by atoms with Crippen LogP contribution < -0.4 is 16.8 Å². The Kier molecular flexibility index (Phi) is 4.35. The second kappa shape index (κ2) is 6.20. The van der Waals surface area contributed by atoms with Crippen LogP contribution in [0.5, 0.6) is 0 Å². The van der Waals surface area contributed by atoms with Crippen LogP contribution in [0, 0.1) is 0 Å². The minimum Gasteiger partial charge on any atom is -0.397 e. The van der Waals surface area contributed by atoms with Crippen LogP contribution in [0.1, 0.15) is 25.7 Å². The van der Waals surface area contributed by atoms with Crippen LogP contribution in [0.3, 0.4) is 0 Å². The summed E-state index contributed by atoms with van der Waals surface area (Å²) in [5.74, 6) is 0. The molecule has 0 aliphatic heterocycles. The Morgan fingerprint density at radius 3 is 2.67 bits per heavy atom. The summed E-state index contributed by atoms with van der Waals surface area (Å²) < 4.78 is 4.71. The molecule has 5 N–H and O–H groups in total. The minimum absolute atomic E-state index is 0.583. The van der Waals surface area contributed by atoms with Gasteiger partial charge >= 0.3 is 0 Å². The summed E-state index contributed by atoms with van der Waals surface area (Å²) >= 11 is 0. The summed E-state index contributed by atoms with van der Waals surface area (Å²) in [5, 5.41) is 11.0. The van der Waals surface area contributed by atoms with Crippen molar-refractivity contribution in [2.75, 3.05) is 24.1 Å². The summed E-state index contributed by atoms with van der Waals surface area (Å²) in [4.78, 5) is 0. The zero-order valence-corrected chi connectivity index (χ0v) is 10.4. The lowest BCUT2D eigenvalue weighted by molar-refractivity contribution is 0.316. The zero-order valence-electron chi connectivity index (χ0n) is 10.4. The van der Waals surface area contributed by atoms with E-state index in [1.54, 1.807) is 0 Å². The van der Waals surface area contributed by atoms with Crippen molar-refractivity contribution in [2.24, 2.45) is 5.73 Å². The molecule has 0 amide bonds. The smallest absolute Gasteiger partial charge is 0.160 e. The van der Waals surface area contributed by atoms with E-state index in [-0.39, 0.29) is 0 Å². The molecule has 0 aliphatic rings. The number of fused-ring (bicyclic) bond motifs is 1. The molecule has 0 fully saturated rings. The first-order chi connectivity index (χ1) is 8.83. The largest absolute Gasteiger partial charge is 0.397 e. The first kappa shape index (κ1) is 12.6. The predicted octanol–water partition coefficient (Wildman–Crippen LogP) is 1.74. The highest BCUT2D eigenvalue weighted by molar-refractivity contribution is 5.94. The van der Waals surface area contributed by atoms with Crippen molar-refractivity contribution in [3.8, 4) is 0 Å². The van der Waals surface area contributed by atoms with Gasteiger partial charge in [-0.1, -0.05) is 12.8 Å². The normalized spacial score (nSPS) is 10.9. The Morgan fingerprint density at radius 1 is 1.06 bits per heavy atom. The second-order valence-corrected chi connectivity index (χ2v) is 4.29. The van der Waals surface area contributed by atoms with Crippen molar-refractivity contribution < 1.29 is 4.63 Å². The van der Waals surface area contributed by atoms with Gasteiger partial charge in [0.15, 0.2) is 11.0 Å². The number of nitrogen functional groups attached to an aromatic ring is 1. The molecule has 0 atom stereocenters. The van der Waals surface area contributed by atoms with Gasteiger partial charge in [0.05, 0.1) is 11.4 Å². The molecule has 6 heteroatoms. The Bertz CT molecular complexity index is 496. The molecule has 1 aromatic heterocycles. The summed E-state index contributed by atoms with van der Waals surface area (Å²) in [6.45, 7) is 1.67. The van der Waals surface area contributed by atoms with Crippen molar-refractivity contribution in [1.29, 1.82) is 0 Å². The van der Waals surface area contributed by atoms with Crippen molar-refractivity contribution in [3.05, 3.63) is 12.1 Å². The molecule has 0 spiro atoms. The van der Waals surface area contributed by atoms with Gasteiger partial charge in [-0.05, 0) is 41.8 Å². The van der Waals surface area contributed by atoms with Crippen molar-refractivity contribution >= 4 is 22.4 Å². The van der Waals surface area contributed by atoms with Crippen LogP contribution in [-0.4, -0.2) is 23.4 Å². The van der Waals surface area contributed by atoms with Gasteiger partial charge in [0.25, 0.3) is 0 Å². The quantitative estimate of drug-likeness (QED) is 0.510. The van der Waals surface area contributed by atoms with Crippen molar-refractivity contribution in [2.45, 2.75) is 25.7 Å². The van der Waals surface area contributed by atoms with Gasteiger partial charge in [0.1, 0.15) is 0 Å². The summed E-state index contributed by atoms with van der Waals surface area (Å²) in [6.07, 6.45) is 4.57. The predicted molar refractivity (Wildman–Crippen MR) is 72.2 cm³/mol. The van der Waals surface area contributed by atoms with E-state index in [1.807, 2.05) is 12.1 Å². The van der Waals surface area contributed by atoms with Gasteiger partial charge in [0, 0.05) is 6.54 Å². The third-order valence-electron chi connectivity index (χ3n) is 2.89. The lowest BCUT2D eigenvalue weighted by Gasteiger charge is -2.06. The van der Waals surface area contributed by atoms with Crippen LogP contribution in [0.4, 0.5) is 11.4 Å². The number of aromatic nitrogens is 2. The van der Waals surface area contributed by atoms with Gasteiger partial charge in [-0.3, -0.25) is 0 Å². The number of benzene rings is 1. The summed E-state index contributed by atoms with van der Waals surface area (Å²) in [6, 6.07) is 3.71. The molecular formula is C12H19N5O. The zero-order chi connectivity index (χ0) is 12.8. The molecule has 0 bridgehead atoms. The number of nitrogens with zero attached hydrogens (tertiary/aromatic N) is 2. The van der Waals surface area contributed by atoms with Gasteiger partial charge in [-0.2, -0.15) is 0 Å². The van der Waals surface area contributed by atoms with Gasteiger partial charge < -0.3 is 16.8 Å². The topological polar surface area (TPSA) is 103 Å². The standard InChI is InChI=1S/C12H19N5O/c13-7-3-1-2-4-8-15-10-6-5-9(14)11-12(10)17-18-16-11/h5-6,15H,1-4,7-8,13-14H2. The molecule has 6 nitrogen and oxygen atoms in total. The molecule has 98 valence electrons. The van der Waals surface area contributed by atoms with Gasteiger partial charge in [-0.25, -0.2) is 4.63 Å². The van der Waals surface area contributed by atoms with Crippen LogP contribution in [-0.2, 0) is 0 Å². The van der Waals surface area contributed by atoms with E-state index in [0.29, 0.717) is 16.7 Å². The fourth-order valence-corrected chi connectivity index (χ4v) is 1.87. The molecular weight excluding hydrogens is 230 g/mol. The molecule has 0 unspecified atom stereocenters. The summed E-state index contributed by atoms with van der Waals surface area (Å²) in [7, 11) is 0. The highest BCUT2D eigenvalue weighted by atomic mass is 16.6. The number of nitrogens with two attached hydrogens (primary N) is 2. The van der Waals surface area contributed by atoms with E-state index < -0.39 is 0 Å². The van der Waals surface area contributed by atoms with E-state index in [9.17, 15) is 0 Å². The van der Waals surface area contributed by atoms with Crippen molar-refractivity contribution in [1.82, 2.24) is 10.3 Å². The van der Waals surface area contributed by atoms with Crippen molar-refractivity contribution in [3.63, 3.8) is 0 Å². The lowest BCUT2D eigenvalue weighted by Crippen LogP contribution is -2.03. The Balaban J connectivity index is 1.88. The molecule has 2 rings (SSSR count). The SMILES string of the molecule is NCCCCCCNc1ccc(N)c2nonc12. The van der Waals surface area contributed by atoms with Gasteiger partial charge in [-0.15, -0.1) is 0 Å². The maximum Gasteiger partial charge on any atom is 0.160 e. The number of hydrogen-bond donors (Lipinski definition) is 3.